The van der Waals surface area contributed by atoms with Crippen molar-refractivity contribution in [2.45, 2.75) is 104 Å². The van der Waals surface area contributed by atoms with Crippen molar-refractivity contribution < 1.29 is 9.13 Å². The van der Waals surface area contributed by atoms with E-state index >= 15 is 0 Å². The maximum absolute atomic E-state index is 2.70. The van der Waals surface area contributed by atoms with Crippen LogP contribution >= 0.6 is 0 Å². The second-order valence-electron chi connectivity index (χ2n) is 13.7. The van der Waals surface area contributed by atoms with Crippen molar-refractivity contribution in [3.05, 3.63) is 132 Å². The smallest absolute Gasteiger partial charge is 0.198 e. The fourth-order valence-electron chi connectivity index (χ4n) is 8.45. The van der Waals surface area contributed by atoms with Gasteiger partial charge in [-0.25, -0.2) is 0 Å². The van der Waals surface area contributed by atoms with Crippen LogP contribution in [0.4, 0.5) is 0 Å². The number of fused-ring (bicyclic) bond motifs is 3. The quantitative estimate of drug-likeness (QED) is 0.132. The number of unbranched alkanes of at least 4 members (excludes halogenated alkanes) is 1. The highest BCUT2D eigenvalue weighted by Gasteiger charge is 2.58. The number of rotatable bonds is 11. The first kappa shape index (κ1) is 31.9. The van der Waals surface area contributed by atoms with Gasteiger partial charge in [0.2, 0.25) is 11.4 Å². The molecular weight excluding hydrogens is 556 g/mol. The van der Waals surface area contributed by atoms with Gasteiger partial charge in [0.15, 0.2) is 17.9 Å². The average molecular weight is 609 g/mol. The highest BCUT2D eigenvalue weighted by molar-refractivity contribution is 5.69. The molecule has 0 bridgehead atoms. The van der Waals surface area contributed by atoms with E-state index in [1.54, 1.807) is 0 Å². The summed E-state index contributed by atoms with van der Waals surface area (Å²) in [6.07, 6.45) is 12.9. The van der Waals surface area contributed by atoms with E-state index in [2.05, 4.69) is 160 Å². The van der Waals surface area contributed by atoms with Crippen molar-refractivity contribution in [2.24, 2.45) is 0 Å². The SMILES string of the molecule is CCCCc1cc[n+]2c(c1)-c1ccccc1C(C)(CC)C2(CC)CCC[n+]1cc(-c2ccccc2)c(C)cc1-c1ccccc1C. The van der Waals surface area contributed by atoms with E-state index in [1.807, 2.05) is 0 Å². The molecular formula is C44H52N2+2. The first-order chi connectivity index (χ1) is 22.4. The Balaban J connectivity index is 1.43. The molecule has 236 valence electrons. The summed E-state index contributed by atoms with van der Waals surface area (Å²) in [5.74, 6) is 0. The van der Waals surface area contributed by atoms with E-state index < -0.39 is 0 Å². The summed E-state index contributed by atoms with van der Waals surface area (Å²) in [5, 5.41) is 0. The van der Waals surface area contributed by atoms with Crippen LogP contribution in [-0.4, -0.2) is 0 Å². The normalized spacial score (nSPS) is 18.7. The Kier molecular flexibility index (Phi) is 9.27. The molecule has 2 atom stereocenters. The second kappa shape index (κ2) is 13.4. The number of benzene rings is 3. The van der Waals surface area contributed by atoms with Crippen LogP contribution in [0, 0.1) is 13.8 Å². The fraction of sp³-hybridized carbons (Fsp3) is 0.364. The lowest BCUT2D eigenvalue weighted by Crippen LogP contribution is -2.69. The predicted molar refractivity (Wildman–Crippen MR) is 193 cm³/mol. The van der Waals surface area contributed by atoms with E-state index in [0.29, 0.717) is 0 Å². The third-order valence-corrected chi connectivity index (χ3v) is 11.3. The molecule has 2 nitrogen and oxygen atoms in total. The molecule has 0 N–H and O–H groups in total. The van der Waals surface area contributed by atoms with Crippen LogP contribution in [0.5, 0.6) is 0 Å². The molecule has 0 fully saturated rings. The lowest BCUT2D eigenvalue weighted by molar-refractivity contribution is -0.772. The molecule has 2 heteroatoms. The molecule has 0 radical (unpaired) electrons. The molecule has 3 heterocycles. The standard InChI is InChI=1S/C44H52N2/c1-7-10-20-35-26-29-46-42(31-35)38-24-16-17-25-40(38)43(6,8-2)44(46,9-3)27-18-28-45-32-39(36-21-12-11-13-22-36)34(5)30-41(45)37-23-15-14-19-33(37)4/h11-17,19,21-26,29-32H,7-10,18,20,27-28H2,1-6H3/q+2. The first-order valence-corrected chi connectivity index (χ1v) is 17.7. The summed E-state index contributed by atoms with van der Waals surface area (Å²) in [7, 11) is 0. The third-order valence-electron chi connectivity index (χ3n) is 11.3. The molecule has 2 aromatic heterocycles. The summed E-state index contributed by atoms with van der Waals surface area (Å²) in [5.41, 5.74) is 13.6. The van der Waals surface area contributed by atoms with Gasteiger partial charge in [-0.3, -0.25) is 0 Å². The van der Waals surface area contributed by atoms with Crippen molar-refractivity contribution in [1.82, 2.24) is 0 Å². The van der Waals surface area contributed by atoms with Gasteiger partial charge in [-0.05, 0) is 80.0 Å². The highest BCUT2D eigenvalue weighted by Crippen LogP contribution is 2.51. The van der Waals surface area contributed by atoms with Crippen LogP contribution in [0.2, 0.25) is 0 Å². The van der Waals surface area contributed by atoms with Crippen LogP contribution in [0.25, 0.3) is 33.6 Å². The lowest BCUT2D eigenvalue weighted by Gasteiger charge is -2.48. The van der Waals surface area contributed by atoms with E-state index in [9.17, 15) is 0 Å². The summed E-state index contributed by atoms with van der Waals surface area (Å²) in [6, 6.07) is 36.3. The third kappa shape index (κ3) is 5.51. The van der Waals surface area contributed by atoms with E-state index in [4.69, 9.17) is 0 Å². The number of aromatic nitrogens is 2. The Morgan fingerprint density at radius 3 is 2.09 bits per heavy atom. The number of pyridine rings is 2. The van der Waals surface area contributed by atoms with Gasteiger partial charge < -0.3 is 0 Å². The van der Waals surface area contributed by atoms with Crippen LogP contribution in [0.15, 0.2) is 109 Å². The summed E-state index contributed by atoms with van der Waals surface area (Å²) < 4.78 is 5.24. The zero-order valence-corrected chi connectivity index (χ0v) is 28.9. The molecule has 46 heavy (non-hydrogen) atoms. The Morgan fingerprint density at radius 1 is 0.652 bits per heavy atom. The zero-order chi connectivity index (χ0) is 32.3. The molecule has 6 rings (SSSR count). The van der Waals surface area contributed by atoms with Gasteiger partial charge in [0, 0.05) is 48.6 Å². The molecule has 0 saturated carbocycles. The topological polar surface area (TPSA) is 7.76 Å². The summed E-state index contributed by atoms with van der Waals surface area (Å²) in [4.78, 5) is 0. The van der Waals surface area contributed by atoms with Gasteiger partial charge in [-0.15, -0.1) is 0 Å². The second-order valence-corrected chi connectivity index (χ2v) is 13.7. The lowest BCUT2D eigenvalue weighted by atomic mass is 9.58. The fourth-order valence-corrected chi connectivity index (χ4v) is 8.45. The molecule has 1 aliphatic rings. The maximum atomic E-state index is 2.70. The van der Waals surface area contributed by atoms with Gasteiger partial charge in [0.25, 0.3) is 0 Å². The Morgan fingerprint density at radius 2 is 1.37 bits per heavy atom. The van der Waals surface area contributed by atoms with Crippen molar-refractivity contribution >= 4 is 0 Å². The number of aryl methyl sites for hydroxylation is 4. The van der Waals surface area contributed by atoms with E-state index in [0.717, 1.165) is 38.6 Å². The first-order valence-electron chi connectivity index (χ1n) is 17.7. The van der Waals surface area contributed by atoms with Gasteiger partial charge >= 0.3 is 0 Å². The molecule has 3 aromatic carbocycles. The monoisotopic (exact) mass is 608 g/mol. The summed E-state index contributed by atoms with van der Waals surface area (Å²) >= 11 is 0. The minimum Gasteiger partial charge on any atom is -0.198 e. The van der Waals surface area contributed by atoms with Gasteiger partial charge in [0.1, 0.15) is 6.54 Å². The Bertz CT molecular complexity index is 1820. The predicted octanol–water partition coefficient (Wildman–Crippen LogP) is 10.5. The van der Waals surface area contributed by atoms with Crippen molar-refractivity contribution in [3.63, 3.8) is 0 Å². The van der Waals surface area contributed by atoms with Gasteiger partial charge in [0.05, 0.1) is 11.0 Å². The Labute approximate surface area is 277 Å². The maximum Gasteiger partial charge on any atom is 0.213 e. The molecule has 1 aliphatic heterocycles. The molecule has 0 saturated heterocycles. The van der Waals surface area contributed by atoms with Gasteiger partial charge in [-0.1, -0.05) is 93.9 Å². The minimum atomic E-state index is -0.0228. The van der Waals surface area contributed by atoms with Crippen molar-refractivity contribution in [2.75, 3.05) is 0 Å². The summed E-state index contributed by atoms with van der Waals surface area (Å²) in [6.45, 7) is 15.1. The zero-order valence-electron chi connectivity index (χ0n) is 28.9. The molecule has 5 aromatic rings. The molecule has 0 amide bonds. The average Bonchev–Trinajstić information content (AvgIpc) is 3.10. The number of hydrogen-bond donors (Lipinski definition) is 0. The minimum absolute atomic E-state index is 0.0208. The van der Waals surface area contributed by atoms with Gasteiger partial charge in [-0.2, -0.15) is 9.13 Å². The number of nitrogens with zero attached hydrogens (tertiary/aromatic N) is 2. The Hall–Kier alpha value is -4.04. The number of hydrogen-bond acceptors (Lipinski definition) is 0. The van der Waals surface area contributed by atoms with Crippen LogP contribution in [0.3, 0.4) is 0 Å². The van der Waals surface area contributed by atoms with Crippen molar-refractivity contribution in [3.8, 4) is 33.6 Å². The van der Waals surface area contributed by atoms with Crippen LogP contribution in [-0.2, 0) is 23.9 Å². The largest absolute Gasteiger partial charge is 0.213 e. The van der Waals surface area contributed by atoms with Crippen LogP contribution < -0.4 is 9.13 Å². The van der Waals surface area contributed by atoms with E-state index in [-0.39, 0.29) is 11.0 Å². The molecule has 0 aliphatic carbocycles. The van der Waals surface area contributed by atoms with E-state index in [1.165, 1.54) is 68.7 Å². The molecule has 0 spiro atoms. The van der Waals surface area contributed by atoms with Crippen molar-refractivity contribution in [1.29, 1.82) is 0 Å². The highest BCUT2D eigenvalue weighted by atomic mass is 15.1. The van der Waals surface area contributed by atoms with Crippen LogP contribution in [0.1, 0.15) is 88.5 Å². The molecule has 2 unspecified atom stereocenters.